The zero-order chi connectivity index (χ0) is 10.1. The van der Waals surface area contributed by atoms with Gasteiger partial charge in [-0.15, -0.1) is 0 Å². The van der Waals surface area contributed by atoms with Crippen LogP contribution in [0.15, 0.2) is 18.3 Å². The molecule has 0 aliphatic rings. The molecule has 0 unspecified atom stereocenters. The Morgan fingerprint density at radius 1 is 1.43 bits per heavy atom. The average Bonchev–Trinajstić information content (AvgIpc) is 2.66. The Balaban J connectivity index is 2.82. The summed E-state index contributed by atoms with van der Waals surface area (Å²) in [4.78, 5) is 3.26. The minimum Gasteiger partial charge on any atom is -0.496 e. The largest absolute Gasteiger partial charge is 0.496 e. The number of aryl methyl sites for hydroxylation is 2. The zero-order valence-corrected chi connectivity index (χ0v) is 8.85. The summed E-state index contributed by atoms with van der Waals surface area (Å²) in [5.74, 6) is 0.997. The van der Waals surface area contributed by atoms with Crippen LogP contribution in [0.5, 0.6) is 5.75 Å². The smallest absolute Gasteiger partial charge is 0.123 e. The van der Waals surface area contributed by atoms with Crippen LogP contribution in [-0.2, 0) is 6.42 Å². The first-order chi connectivity index (χ1) is 6.77. The first kappa shape index (κ1) is 9.13. The Labute approximate surface area is 83.9 Å². The van der Waals surface area contributed by atoms with Crippen LogP contribution in [-0.4, -0.2) is 12.1 Å². The number of aromatic amines is 1. The lowest BCUT2D eigenvalue weighted by Gasteiger charge is -2.09. The number of hydrogen-bond acceptors (Lipinski definition) is 1. The molecule has 1 heterocycles. The molecule has 0 radical (unpaired) electrons. The first-order valence-electron chi connectivity index (χ1n) is 4.91. The molecule has 0 fully saturated rings. The second kappa shape index (κ2) is 3.37. The van der Waals surface area contributed by atoms with E-state index >= 15 is 0 Å². The second-order valence-corrected chi connectivity index (χ2v) is 3.49. The van der Waals surface area contributed by atoms with E-state index in [0.717, 1.165) is 12.2 Å². The molecule has 0 saturated carbocycles. The van der Waals surface area contributed by atoms with Crippen molar-refractivity contribution < 1.29 is 4.74 Å². The lowest BCUT2D eigenvalue weighted by Crippen LogP contribution is -1.92. The van der Waals surface area contributed by atoms with Crippen molar-refractivity contribution in [3.8, 4) is 5.75 Å². The first-order valence-corrected chi connectivity index (χ1v) is 4.91. The van der Waals surface area contributed by atoms with Crippen LogP contribution in [0.25, 0.3) is 10.9 Å². The third-order valence-corrected chi connectivity index (χ3v) is 2.68. The lowest BCUT2D eigenvalue weighted by atomic mass is 10.0. The van der Waals surface area contributed by atoms with Crippen LogP contribution in [0.1, 0.15) is 18.1 Å². The molecular weight excluding hydrogens is 174 g/mol. The van der Waals surface area contributed by atoms with E-state index in [1.165, 1.54) is 22.0 Å². The number of benzene rings is 1. The molecule has 1 aromatic carbocycles. The van der Waals surface area contributed by atoms with Gasteiger partial charge < -0.3 is 9.72 Å². The molecule has 1 aromatic heterocycles. The van der Waals surface area contributed by atoms with Crippen LogP contribution < -0.4 is 4.74 Å². The number of ether oxygens (including phenoxy) is 1. The summed E-state index contributed by atoms with van der Waals surface area (Å²) in [5, 5.41) is 1.28. The monoisotopic (exact) mass is 189 g/mol. The normalized spacial score (nSPS) is 10.8. The minimum atomic E-state index is 0.997. The van der Waals surface area contributed by atoms with E-state index in [4.69, 9.17) is 4.74 Å². The molecule has 0 aliphatic carbocycles. The molecule has 0 saturated heterocycles. The van der Waals surface area contributed by atoms with E-state index < -0.39 is 0 Å². The molecule has 0 atom stereocenters. The Hall–Kier alpha value is -1.44. The molecule has 14 heavy (non-hydrogen) atoms. The summed E-state index contributed by atoms with van der Waals surface area (Å²) in [7, 11) is 1.73. The van der Waals surface area contributed by atoms with Gasteiger partial charge in [-0.2, -0.15) is 0 Å². The van der Waals surface area contributed by atoms with Crippen molar-refractivity contribution in [2.45, 2.75) is 20.3 Å². The maximum Gasteiger partial charge on any atom is 0.123 e. The molecular formula is C12H15NO. The van der Waals surface area contributed by atoms with Gasteiger partial charge in [-0.05, 0) is 31.0 Å². The van der Waals surface area contributed by atoms with E-state index in [1.807, 2.05) is 6.20 Å². The summed E-state index contributed by atoms with van der Waals surface area (Å²) < 4.78 is 5.38. The van der Waals surface area contributed by atoms with Gasteiger partial charge in [0, 0.05) is 22.7 Å². The molecule has 74 valence electrons. The lowest BCUT2D eigenvalue weighted by molar-refractivity contribution is 0.410. The van der Waals surface area contributed by atoms with Gasteiger partial charge >= 0.3 is 0 Å². The summed E-state index contributed by atoms with van der Waals surface area (Å²) in [5.41, 5.74) is 3.75. The molecule has 0 aliphatic heterocycles. The van der Waals surface area contributed by atoms with Gasteiger partial charge in [-0.25, -0.2) is 0 Å². The SMILES string of the molecule is CCc1c(OC)cc(C)c2[nH]ccc12. The topological polar surface area (TPSA) is 25.0 Å². The highest BCUT2D eigenvalue weighted by molar-refractivity contribution is 5.88. The average molecular weight is 189 g/mol. The maximum atomic E-state index is 5.38. The highest BCUT2D eigenvalue weighted by Crippen LogP contribution is 2.30. The molecule has 0 bridgehead atoms. The van der Waals surface area contributed by atoms with Crippen molar-refractivity contribution in [1.29, 1.82) is 0 Å². The fourth-order valence-corrected chi connectivity index (χ4v) is 1.98. The number of hydrogen-bond donors (Lipinski definition) is 1. The number of nitrogens with one attached hydrogen (secondary N) is 1. The predicted molar refractivity (Wildman–Crippen MR) is 59.0 cm³/mol. The number of methoxy groups -OCH3 is 1. The van der Waals surface area contributed by atoms with E-state index in [1.54, 1.807) is 7.11 Å². The van der Waals surface area contributed by atoms with Gasteiger partial charge in [-0.1, -0.05) is 6.92 Å². The van der Waals surface area contributed by atoms with Gasteiger partial charge in [0.1, 0.15) is 5.75 Å². The standard InChI is InChI=1S/C12H15NO/c1-4-9-10-5-6-13-12(10)8(2)7-11(9)14-3/h5-7,13H,4H2,1-3H3. The van der Waals surface area contributed by atoms with Gasteiger partial charge in [0.05, 0.1) is 7.11 Å². The molecule has 2 aromatic rings. The van der Waals surface area contributed by atoms with Crippen molar-refractivity contribution >= 4 is 10.9 Å². The Morgan fingerprint density at radius 3 is 2.86 bits per heavy atom. The van der Waals surface area contributed by atoms with Gasteiger partial charge in [0.2, 0.25) is 0 Å². The highest BCUT2D eigenvalue weighted by atomic mass is 16.5. The van der Waals surface area contributed by atoms with Gasteiger partial charge in [0.15, 0.2) is 0 Å². The van der Waals surface area contributed by atoms with E-state index in [0.29, 0.717) is 0 Å². The number of fused-ring (bicyclic) bond motifs is 1. The van der Waals surface area contributed by atoms with Crippen LogP contribution in [0.4, 0.5) is 0 Å². The fourth-order valence-electron chi connectivity index (χ4n) is 1.98. The van der Waals surface area contributed by atoms with E-state index in [9.17, 15) is 0 Å². The molecule has 2 rings (SSSR count). The summed E-state index contributed by atoms with van der Waals surface area (Å²) >= 11 is 0. The molecule has 1 N–H and O–H groups in total. The number of H-pyrrole nitrogens is 1. The van der Waals surface area contributed by atoms with Crippen molar-refractivity contribution in [1.82, 2.24) is 4.98 Å². The summed E-state index contributed by atoms with van der Waals surface area (Å²) in [6, 6.07) is 4.21. The molecule has 0 amide bonds. The van der Waals surface area contributed by atoms with Crippen LogP contribution >= 0.6 is 0 Å². The fraction of sp³-hybridized carbons (Fsp3) is 0.333. The van der Waals surface area contributed by atoms with E-state index in [2.05, 4.69) is 31.0 Å². The van der Waals surface area contributed by atoms with Crippen molar-refractivity contribution in [2.24, 2.45) is 0 Å². The van der Waals surface area contributed by atoms with Crippen molar-refractivity contribution in [3.05, 3.63) is 29.5 Å². The van der Waals surface area contributed by atoms with Gasteiger partial charge in [-0.3, -0.25) is 0 Å². The van der Waals surface area contributed by atoms with Crippen molar-refractivity contribution in [2.75, 3.05) is 7.11 Å². The quantitative estimate of drug-likeness (QED) is 0.771. The maximum absolute atomic E-state index is 5.38. The van der Waals surface area contributed by atoms with Gasteiger partial charge in [0.25, 0.3) is 0 Å². The molecule has 2 nitrogen and oxygen atoms in total. The van der Waals surface area contributed by atoms with Crippen LogP contribution in [0, 0.1) is 6.92 Å². The molecule has 2 heteroatoms. The van der Waals surface area contributed by atoms with Crippen molar-refractivity contribution in [3.63, 3.8) is 0 Å². The Morgan fingerprint density at radius 2 is 2.21 bits per heavy atom. The predicted octanol–water partition coefficient (Wildman–Crippen LogP) is 3.05. The molecule has 0 spiro atoms. The third kappa shape index (κ3) is 1.18. The minimum absolute atomic E-state index is 0.997. The van der Waals surface area contributed by atoms with Crippen LogP contribution in [0.3, 0.4) is 0 Å². The second-order valence-electron chi connectivity index (χ2n) is 3.49. The Kier molecular flexibility index (Phi) is 2.20. The summed E-state index contributed by atoms with van der Waals surface area (Å²) in [6.07, 6.45) is 2.98. The highest BCUT2D eigenvalue weighted by Gasteiger charge is 2.09. The summed E-state index contributed by atoms with van der Waals surface area (Å²) in [6.45, 7) is 4.25. The Bertz CT molecular complexity index is 457. The number of rotatable bonds is 2. The third-order valence-electron chi connectivity index (χ3n) is 2.68. The van der Waals surface area contributed by atoms with E-state index in [-0.39, 0.29) is 0 Å². The van der Waals surface area contributed by atoms with Crippen LogP contribution in [0.2, 0.25) is 0 Å². The zero-order valence-electron chi connectivity index (χ0n) is 8.85. The number of aromatic nitrogens is 1.